The van der Waals surface area contributed by atoms with Crippen molar-refractivity contribution in [3.8, 4) is 22.6 Å². The Kier molecular flexibility index (Phi) is 8.66. The number of alkyl halides is 3. The maximum Gasteiger partial charge on any atom is 0.573 e. The number of amides is 2. The number of methoxy groups -OCH3 is 1. The molecule has 3 aromatic carbocycles. The number of urea groups is 1. The van der Waals surface area contributed by atoms with Crippen LogP contribution in [0.25, 0.3) is 22.0 Å². The van der Waals surface area contributed by atoms with E-state index in [1.165, 1.54) is 12.1 Å². The number of ether oxygens (including phenoxy) is 4. The lowest BCUT2D eigenvalue weighted by Crippen LogP contribution is -2.20. The van der Waals surface area contributed by atoms with Crippen LogP contribution in [-0.2, 0) is 9.47 Å². The standard InChI is InChI=1S/C26H25F3N4O5/c1-35-9-10-36-11-12-37-21-14-22(23-16-30-33-24(23)15-21)17-5-7-18(8-6-17)31-25(34)32-19-3-2-4-20(13-19)38-26(27,28)29/h2-8,13-16H,9-12H2,1H3,(H,30,33)(H2,31,32,34). The third-order valence-corrected chi connectivity index (χ3v) is 5.24. The molecule has 38 heavy (non-hydrogen) atoms. The van der Waals surface area contributed by atoms with E-state index in [0.717, 1.165) is 34.2 Å². The van der Waals surface area contributed by atoms with Gasteiger partial charge in [0, 0.05) is 36.0 Å². The van der Waals surface area contributed by atoms with Crippen LogP contribution in [0, 0.1) is 0 Å². The Morgan fingerprint density at radius 2 is 1.68 bits per heavy atom. The normalized spacial score (nSPS) is 11.4. The molecule has 0 saturated carbocycles. The molecule has 2 amide bonds. The molecule has 3 N–H and O–H groups in total. The van der Waals surface area contributed by atoms with Crippen LogP contribution < -0.4 is 20.1 Å². The van der Waals surface area contributed by atoms with Gasteiger partial charge in [0.05, 0.1) is 31.5 Å². The third-order valence-electron chi connectivity index (χ3n) is 5.24. The predicted octanol–water partition coefficient (Wildman–Crippen LogP) is 5.81. The van der Waals surface area contributed by atoms with Gasteiger partial charge in [0.25, 0.3) is 0 Å². The maximum absolute atomic E-state index is 12.4. The van der Waals surface area contributed by atoms with Crippen molar-refractivity contribution in [1.82, 2.24) is 10.2 Å². The first kappa shape index (κ1) is 26.8. The Labute approximate surface area is 215 Å². The van der Waals surface area contributed by atoms with E-state index >= 15 is 0 Å². The van der Waals surface area contributed by atoms with Gasteiger partial charge in [-0.3, -0.25) is 5.10 Å². The lowest BCUT2D eigenvalue weighted by Gasteiger charge is -2.12. The highest BCUT2D eigenvalue weighted by Gasteiger charge is 2.31. The molecule has 4 aromatic rings. The monoisotopic (exact) mass is 530 g/mol. The maximum atomic E-state index is 12.4. The van der Waals surface area contributed by atoms with E-state index in [1.807, 2.05) is 24.3 Å². The summed E-state index contributed by atoms with van der Waals surface area (Å²) in [5.41, 5.74) is 3.17. The van der Waals surface area contributed by atoms with Crippen LogP contribution in [0.1, 0.15) is 0 Å². The number of aromatic amines is 1. The fourth-order valence-electron chi connectivity index (χ4n) is 3.61. The van der Waals surface area contributed by atoms with Crippen LogP contribution in [0.15, 0.2) is 66.9 Å². The number of nitrogens with one attached hydrogen (secondary N) is 3. The zero-order valence-electron chi connectivity index (χ0n) is 20.3. The van der Waals surface area contributed by atoms with Crippen LogP contribution in [0.2, 0.25) is 0 Å². The second-order valence-corrected chi connectivity index (χ2v) is 7.99. The Balaban J connectivity index is 1.40. The highest BCUT2D eigenvalue weighted by molar-refractivity contribution is 6.00. The molecular formula is C26H25F3N4O5. The molecule has 1 heterocycles. The quantitative estimate of drug-likeness (QED) is 0.211. The van der Waals surface area contributed by atoms with E-state index in [-0.39, 0.29) is 5.69 Å². The number of H-pyrrole nitrogens is 1. The average molecular weight is 531 g/mol. The second-order valence-electron chi connectivity index (χ2n) is 7.99. The molecule has 0 aliphatic rings. The van der Waals surface area contributed by atoms with Crippen molar-refractivity contribution in [1.29, 1.82) is 0 Å². The molecule has 0 unspecified atom stereocenters. The topological polar surface area (TPSA) is 107 Å². The highest BCUT2D eigenvalue weighted by atomic mass is 19.4. The number of anilines is 2. The first-order chi connectivity index (χ1) is 18.3. The van der Waals surface area contributed by atoms with Gasteiger partial charge in [0.1, 0.15) is 18.1 Å². The number of halogens is 3. The Bertz CT molecular complexity index is 1360. The van der Waals surface area contributed by atoms with Crippen molar-refractivity contribution >= 4 is 28.3 Å². The largest absolute Gasteiger partial charge is 0.573 e. The zero-order valence-corrected chi connectivity index (χ0v) is 20.3. The number of hydrogen-bond acceptors (Lipinski definition) is 6. The summed E-state index contributed by atoms with van der Waals surface area (Å²) >= 11 is 0. The van der Waals surface area contributed by atoms with Gasteiger partial charge in [-0.05, 0) is 41.5 Å². The minimum Gasteiger partial charge on any atom is -0.491 e. The Hall–Kier alpha value is -4.29. The summed E-state index contributed by atoms with van der Waals surface area (Å²) in [5, 5.41) is 13.1. The summed E-state index contributed by atoms with van der Waals surface area (Å²) < 4.78 is 57.4. The molecule has 0 saturated heterocycles. The molecule has 0 fully saturated rings. The molecule has 0 atom stereocenters. The van der Waals surface area contributed by atoms with Crippen molar-refractivity contribution in [2.24, 2.45) is 0 Å². The van der Waals surface area contributed by atoms with E-state index in [4.69, 9.17) is 14.2 Å². The number of fused-ring (bicyclic) bond motifs is 1. The Morgan fingerprint density at radius 3 is 2.45 bits per heavy atom. The summed E-state index contributed by atoms with van der Waals surface area (Å²) in [4.78, 5) is 12.4. The molecule has 0 spiro atoms. The third kappa shape index (κ3) is 7.60. The van der Waals surface area contributed by atoms with Gasteiger partial charge < -0.3 is 29.6 Å². The smallest absolute Gasteiger partial charge is 0.491 e. The van der Waals surface area contributed by atoms with E-state index in [2.05, 4.69) is 25.6 Å². The molecule has 0 radical (unpaired) electrons. The number of carbonyl (C=O) groups is 1. The molecule has 0 bridgehead atoms. The lowest BCUT2D eigenvalue weighted by atomic mass is 10.0. The van der Waals surface area contributed by atoms with Crippen LogP contribution >= 0.6 is 0 Å². The van der Waals surface area contributed by atoms with Crippen molar-refractivity contribution in [2.45, 2.75) is 6.36 Å². The van der Waals surface area contributed by atoms with Crippen LogP contribution in [-0.4, -0.2) is 56.1 Å². The van der Waals surface area contributed by atoms with Crippen LogP contribution in [0.4, 0.5) is 29.3 Å². The van der Waals surface area contributed by atoms with Gasteiger partial charge in [-0.15, -0.1) is 13.2 Å². The molecule has 1 aromatic heterocycles. The van der Waals surface area contributed by atoms with Gasteiger partial charge in [-0.1, -0.05) is 18.2 Å². The average Bonchev–Trinajstić information content (AvgIpc) is 3.34. The van der Waals surface area contributed by atoms with Gasteiger partial charge in [-0.25, -0.2) is 4.79 Å². The van der Waals surface area contributed by atoms with Gasteiger partial charge >= 0.3 is 12.4 Å². The fourth-order valence-corrected chi connectivity index (χ4v) is 3.61. The molecule has 0 aliphatic carbocycles. The van der Waals surface area contributed by atoms with Crippen molar-refractivity contribution in [3.05, 3.63) is 66.9 Å². The second kappa shape index (κ2) is 12.3. The van der Waals surface area contributed by atoms with Gasteiger partial charge in [-0.2, -0.15) is 5.10 Å². The number of aromatic nitrogens is 2. The minimum atomic E-state index is -4.82. The number of hydrogen-bond donors (Lipinski definition) is 3. The minimum absolute atomic E-state index is 0.143. The summed E-state index contributed by atoms with van der Waals surface area (Å²) in [6.45, 7) is 1.79. The molecular weight excluding hydrogens is 505 g/mol. The summed E-state index contributed by atoms with van der Waals surface area (Å²) in [7, 11) is 1.61. The fraction of sp³-hybridized carbons (Fsp3) is 0.231. The summed E-state index contributed by atoms with van der Waals surface area (Å²) in [6, 6.07) is 15.2. The summed E-state index contributed by atoms with van der Waals surface area (Å²) in [6.07, 6.45) is -3.10. The molecule has 12 heteroatoms. The molecule has 200 valence electrons. The summed E-state index contributed by atoms with van der Waals surface area (Å²) in [5.74, 6) is 0.209. The van der Waals surface area contributed by atoms with E-state index in [0.29, 0.717) is 37.9 Å². The number of carbonyl (C=O) groups excluding carboxylic acids is 1. The predicted molar refractivity (Wildman–Crippen MR) is 135 cm³/mol. The van der Waals surface area contributed by atoms with Crippen molar-refractivity contribution in [3.63, 3.8) is 0 Å². The molecule has 9 nitrogen and oxygen atoms in total. The Morgan fingerprint density at radius 1 is 0.921 bits per heavy atom. The zero-order chi connectivity index (χ0) is 27.0. The van der Waals surface area contributed by atoms with E-state index in [9.17, 15) is 18.0 Å². The van der Waals surface area contributed by atoms with Crippen LogP contribution in [0.3, 0.4) is 0 Å². The van der Waals surface area contributed by atoms with Crippen molar-refractivity contribution in [2.75, 3.05) is 44.2 Å². The number of rotatable bonds is 11. The van der Waals surface area contributed by atoms with Gasteiger partial charge in [0.15, 0.2) is 0 Å². The molecule has 0 aliphatic heterocycles. The van der Waals surface area contributed by atoms with E-state index < -0.39 is 18.1 Å². The molecule has 4 rings (SSSR count). The van der Waals surface area contributed by atoms with Crippen LogP contribution in [0.5, 0.6) is 11.5 Å². The first-order valence-corrected chi connectivity index (χ1v) is 11.5. The number of nitrogens with zero attached hydrogens (tertiary/aromatic N) is 1. The lowest BCUT2D eigenvalue weighted by molar-refractivity contribution is -0.274. The number of benzene rings is 3. The van der Waals surface area contributed by atoms with Gasteiger partial charge in [0.2, 0.25) is 0 Å². The SMILES string of the molecule is COCCOCCOc1cc(-c2ccc(NC(=O)Nc3cccc(OC(F)(F)F)c3)cc2)c2cn[nH]c2c1. The van der Waals surface area contributed by atoms with Crippen molar-refractivity contribution < 1.29 is 36.9 Å². The van der Waals surface area contributed by atoms with E-state index in [1.54, 1.807) is 25.4 Å². The highest BCUT2D eigenvalue weighted by Crippen LogP contribution is 2.33. The first-order valence-electron chi connectivity index (χ1n) is 11.5.